The van der Waals surface area contributed by atoms with Gasteiger partial charge in [0.15, 0.2) is 0 Å². The third-order valence-corrected chi connectivity index (χ3v) is 3.95. The van der Waals surface area contributed by atoms with Gasteiger partial charge in [-0.25, -0.2) is 30.6 Å². The fraction of sp³-hybridized carbons (Fsp3) is 0.111. The molecule has 12 heteroatoms. The van der Waals surface area contributed by atoms with Gasteiger partial charge < -0.3 is 10.6 Å². The lowest BCUT2D eigenvalue weighted by Crippen LogP contribution is -2.38. The zero-order valence-corrected chi connectivity index (χ0v) is 16.6. The van der Waals surface area contributed by atoms with Crippen molar-refractivity contribution in [2.24, 2.45) is 5.84 Å². The first kappa shape index (κ1) is 20.9. The molecular formula is C18H18ClN9O2. The lowest BCUT2D eigenvalue weighted by Gasteiger charge is -2.19. The van der Waals surface area contributed by atoms with Crippen LogP contribution in [0.5, 0.6) is 0 Å². The van der Waals surface area contributed by atoms with E-state index in [2.05, 4.69) is 35.9 Å². The maximum atomic E-state index is 13.0. The number of rotatable bonds is 6. The molecule has 3 amide bonds. The zero-order valence-electron chi connectivity index (χ0n) is 15.8. The highest BCUT2D eigenvalue weighted by molar-refractivity contribution is 6.28. The van der Waals surface area contributed by atoms with Crippen LogP contribution in [0.15, 0.2) is 49.2 Å². The molecule has 0 saturated carbocycles. The van der Waals surface area contributed by atoms with Gasteiger partial charge in [0.25, 0.3) is 5.91 Å². The van der Waals surface area contributed by atoms with Crippen LogP contribution in [0.25, 0.3) is 0 Å². The number of carbonyl (C=O) groups excluding carboxylic acids is 2. The molecule has 0 saturated heterocycles. The Morgan fingerprint density at radius 1 is 1.17 bits per heavy atom. The summed E-state index contributed by atoms with van der Waals surface area (Å²) in [4.78, 5) is 40.6. The van der Waals surface area contributed by atoms with Gasteiger partial charge in [0.05, 0.1) is 41.2 Å². The molecule has 0 fully saturated rings. The van der Waals surface area contributed by atoms with Gasteiger partial charge in [-0.15, -0.1) is 0 Å². The Kier molecular flexibility index (Phi) is 6.67. The maximum absolute atomic E-state index is 13.0. The number of aromatic nitrogens is 4. The summed E-state index contributed by atoms with van der Waals surface area (Å²) < 4.78 is 0. The van der Waals surface area contributed by atoms with Crippen LogP contribution in [-0.2, 0) is 0 Å². The molecule has 0 aliphatic carbocycles. The van der Waals surface area contributed by atoms with E-state index >= 15 is 0 Å². The van der Waals surface area contributed by atoms with Crippen molar-refractivity contribution in [2.45, 2.75) is 6.92 Å². The number of nitrogens with zero attached hydrogens (tertiary/aromatic N) is 5. The summed E-state index contributed by atoms with van der Waals surface area (Å²) in [7, 11) is 0. The van der Waals surface area contributed by atoms with Crippen LogP contribution in [0.2, 0.25) is 5.28 Å². The summed E-state index contributed by atoms with van der Waals surface area (Å²) in [5.74, 6) is 5.61. The number of hydrogen-bond donors (Lipinski definition) is 4. The van der Waals surface area contributed by atoms with Gasteiger partial charge in [-0.1, -0.05) is 0 Å². The second-order valence-corrected chi connectivity index (χ2v) is 6.19. The molecule has 11 nitrogen and oxygen atoms in total. The molecule has 0 atom stereocenters. The number of carbonyl (C=O) groups is 2. The van der Waals surface area contributed by atoms with Crippen LogP contribution < -0.4 is 26.8 Å². The normalized spacial score (nSPS) is 10.2. The first-order valence-electron chi connectivity index (χ1n) is 8.76. The SMILES string of the molecule is CCNC(=O)Nc1cc(Nc2cccnc2)c(C(=O)N(N)c2cnc(Cl)nc2)cn1. The molecule has 30 heavy (non-hydrogen) atoms. The van der Waals surface area contributed by atoms with Crippen LogP contribution in [0, 0.1) is 0 Å². The lowest BCUT2D eigenvalue weighted by atomic mass is 10.2. The van der Waals surface area contributed by atoms with E-state index in [1.54, 1.807) is 31.5 Å². The van der Waals surface area contributed by atoms with Crippen LogP contribution in [0.3, 0.4) is 0 Å². The van der Waals surface area contributed by atoms with Gasteiger partial charge in [-0.05, 0) is 30.7 Å². The van der Waals surface area contributed by atoms with Gasteiger partial charge in [0.1, 0.15) is 5.82 Å². The van der Waals surface area contributed by atoms with Crippen molar-refractivity contribution in [3.8, 4) is 0 Å². The highest BCUT2D eigenvalue weighted by atomic mass is 35.5. The predicted molar refractivity (Wildman–Crippen MR) is 112 cm³/mol. The average Bonchev–Trinajstić information content (AvgIpc) is 2.74. The van der Waals surface area contributed by atoms with Crippen LogP contribution in [0.1, 0.15) is 17.3 Å². The molecule has 3 heterocycles. The Morgan fingerprint density at radius 2 is 1.93 bits per heavy atom. The zero-order chi connectivity index (χ0) is 21.5. The quantitative estimate of drug-likeness (QED) is 0.202. The molecule has 0 spiro atoms. The Hall–Kier alpha value is -3.83. The summed E-state index contributed by atoms with van der Waals surface area (Å²) in [6.07, 6.45) is 7.14. The molecule has 0 aliphatic rings. The third-order valence-electron chi connectivity index (χ3n) is 3.76. The molecule has 0 aromatic carbocycles. The second-order valence-electron chi connectivity index (χ2n) is 5.85. The fourth-order valence-electron chi connectivity index (χ4n) is 2.39. The van der Waals surface area contributed by atoms with Gasteiger partial charge in [-0.3, -0.25) is 15.1 Å². The summed E-state index contributed by atoms with van der Waals surface area (Å²) in [5, 5.41) is 9.19. The minimum Gasteiger partial charge on any atom is -0.353 e. The van der Waals surface area contributed by atoms with Gasteiger partial charge in [0.2, 0.25) is 5.28 Å². The molecule has 0 unspecified atom stereocenters. The molecule has 3 rings (SSSR count). The topological polar surface area (TPSA) is 151 Å². The first-order chi connectivity index (χ1) is 14.5. The number of hydrogen-bond acceptors (Lipinski definition) is 8. The van der Waals surface area contributed by atoms with Crippen molar-refractivity contribution in [3.05, 3.63) is 60.0 Å². The molecule has 3 aromatic rings. The van der Waals surface area contributed by atoms with Gasteiger partial charge >= 0.3 is 6.03 Å². The number of halogens is 1. The standard InChI is InChI=1S/C18H18ClN9O2/c1-2-22-18(30)27-15-6-14(26-11-4-3-5-21-7-11)13(10-23-15)16(29)28(20)12-8-24-17(19)25-9-12/h3-10H,2,20H2,1H3,(H3,22,23,26,27,30). The van der Waals surface area contributed by atoms with Crippen LogP contribution in [0.4, 0.5) is 27.7 Å². The van der Waals surface area contributed by atoms with E-state index in [9.17, 15) is 9.59 Å². The first-order valence-corrected chi connectivity index (χ1v) is 9.14. The molecule has 3 aromatic heterocycles. The number of pyridine rings is 2. The third kappa shape index (κ3) is 5.16. The van der Waals surface area contributed by atoms with Crippen molar-refractivity contribution in [1.82, 2.24) is 25.3 Å². The maximum Gasteiger partial charge on any atom is 0.320 e. The lowest BCUT2D eigenvalue weighted by molar-refractivity contribution is 0.0987. The molecule has 154 valence electrons. The van der Waals surface area contributed by atoms with E-state index in [1.807, 2.05) is 0 Å². The van der Waals surface area contributed by atoms with Gasteiger partial charge in [0, 0.05) is 25.0 Å². The van der Waals surface area contributed by atoms with Crippen molar-refractivity contribution in [3.63, 3.8) is 0 Å². The van der Waals surface area contributed by atoms with Crippen LogP contribution >= 0.6 is 11.6 Å². The molecule has 0 radical (unpaired) electrons. The number of nitrogens with two attached hydrogens (primary N) is 1. The molecule has 5 N–H and O–H groups in total. The van der Waals surface area contributed by atoms with Crippen molar-refractivity contribution in [2.75, 3.05) is 22.2 Å². The van der Waals surface area contributed by atoms with Crippen molar-refractivity contribution in [1.29, 1.82) is 0 Å². The number of urea groups is 1. The fourth-order valence-corrected chi connectivity index (χ4v) is 2.49. The summed E-state index contributed by atoms with van der Waals surface area (Å²) in [6.45, 7) is 2.25. The monoisotopic (exact) mass is 427 g/mol. The number of hydrazine groups is 1. The number of anilines is 4. The predicted octanol–water partition coefficient (Wildman–Crippen LogP) is 2.33. The van der Waals surface area contributed by atoms with E-state index < -0.39 is 11.9 Å². The number of nitrogens with one attached hydrogen (secondary N) is 3. The summed E-state index contributed by atoms with van der Waals surface area (Å²) in [6, 6.07) is 4.60. The smallest absolute Gasteiger partial charge is 0.320 e. The Bertz CT molecular complexity index is 1030. The highest BCUT2D eigenvalue weighted by Gasteiger charge is 2.20. The second kappa shape index (κ2) is 9.58. The minimum absolute atomic E-state index is 0.0287. The molecule has 0 aliphatic heterocycles. The van der Waals surface area contributed by atoms with E-state index in [1.165, 1.54) is 24.7 Å². The van der Waals surface area contributed by atoms with E-state index in [0.29, 0.717) is 17.9 Å². The Balaban J connectivity index is 1.93. The van der Waals surface area contributed by atoms with E-state index in [4.69, 9.17) is 17.4 Å². The molecular weight excluding hydrogens is 410 g/mol. The van der Waals surface area contributed by atoms with E-state index in [0.717, 1.165) is 5.01 Å². The van der Waals surface area contributed by atoms with E-state index in [-0.39, 0.29) is 22.4 Å². The molecule has 0 bridgehead atoms. The van der Waals surface area contributed by atoms with Crippen molar-refractivity contribution >= 4 is 46.4 Å². The van der Waals surface area contributed by atoms with Crippen LogP contribution in [-0.4, -0.2) is 38.4 Å². The Labute approximate surface area is 176 Å². The number of amides is 3. The van der Waals surface area contributed by atoms with Crippen molar-refractivity contribution < 1.29 is 9.59 Å². The highest BCUT2D eigenvalue weighted by Crippen LogP contribution is 2.25. The van der Waals surface area contributed by atoms with Gasteiger partial charge in [-0.2, -0.15) is 0 Å². The summed E-state index contributed by atoms with van der Waals surface area (Å²) in [5.41, 5.74) is 1.37. The summed E-state index contributed by atoms with van der Waals surface area (Å²) >= 11 is 5.68. The average molecular weight is 428 g/mol. The largest absolute Gasteiger partial charge is 0.353 e. The minimum atomic E-state index is -0.579. The Morgan fingerprint density at radius 3 is 2.60 bits per heavy atom.